The van der Waals surface area contributed by atoms with E-state index in [2.05, 4.69) is 9.97 Å². The molecule has 0 spiro atoms. The number of rotatable bonds is 4. The maximum Gasteiger partial charge on any atom is 0.269 e. The summed E-state index contributed by atoms with van der Waals surface area (Å²) in [6, 6.07) is 10.8. The molecule has 3 heterocycles. The molecule has 148 valence electrons. The molecule has 29 heavy (non-hydrogen) atoms. The Hall–Kier alpha value is -2.97. The van der Waals surface area contributed by atoms with Crippen LogP contribution >= 0.6 is 11.6 Å². The Kier molecular flexibility index (Phi) is 4.76. The van der Waals surface area contributed by atoms with Crippen LogP contribution in [0.25, 0.3) is 22.3 Å². The van der Waals surface area contributed by atoms with Gasteiger partial charge in [0.05, 0.1) is 22.7 Å². The Morgan fingerprint density at radius 3 is 2.45 bits per heavy atom. The number of halogens is 2. The fourth-order valence-corrected chi connectivity index (χ4v) is 4.72. The molecule has 0 saturated heterocycles. The van der Waals surface area contributed by atoms with Gasteiger partial charge in [0.2, 0.25) is 0 Å². The van der Waals surface area contributed by atoms with Crippen LogP contribution in [0.3, 0.4) is 0 Å². The molecule has 0 bridgehead atoms. The van der Waals surface area contributed by atoms with Gasteiger partial charge in [-0.1, -0.05) is 29.3 Å². The molecule has 0 aliphatic carbocycles. The summed E-state index contributed by atoms with van der Waals surface area (Å²) in [4.78, 5) is 8.06. The lowest BCUT2D eigenvalue weighted by atomic mass is 10.2. The summed E-state index contributed by atoms with van der Waals surface area (Å²) in [5.74, 6) is -1.03. The molecule has 0 radical (unpaired) electrons. The molecule has 3 aromatic heterocycles. The topological polar surface area (TPSA) is 74.1 Å². The van der Waals surface area contributed by atoms with E-state index in [1.165, 1.54) is 43.8 Å². The van der Waals surface area contributed by atoms with Crippen LogP contribution in [0.15, 0.2) is 59.8 Å². The van der Waals surface area contributed by atoms with Crippen LogP contribution in [-0.4, -0.2) is 29.5 Å². The zero-order valence-corrected chi connectivity index (χ0v) is 17.0. The molecule has 0 unspecified atom stereocenters. The van der Waals surface area contributed by atoms with E-state index in [-0.39, 0.29) is 27.7 Å². The number of hydrogen-bond donors (Lipinski definition) is 0. The van der Waals surface area contributed by atoms with Gasteiger partial charge >= 0.3 is 0 Å². The van der Waals surface area contributed by atoms with Crippen molar-refractivity contribution in [2.75, 3.05) is 7.11 Å². The van der Waals surface area contributed by atoms with E-state index in [1.807, 2.05) is 6.92 Å². The summed E-state index contributed by atoms with van der Waals surface area (Å²) in [6.45, 7) is 1.85. The summed E-state index contributed by atoms with van der Waals surface area (Å²) < 4.78 is 47.9. The van der Waals surface area contributed by atoms with Crippen LogP contribution in [-0.2, 0) is 10.0 Å². The zero-order chi connectivity index (χ0) is 20.8. The first-order valence-electron chi connectivity index (χ1n) is 8.51. The van der Waals surface area contributed by atoms with Gasteiger partial charge in [-0.25, -0.2) is 26.7 Å². The van der Waals surface area contributed by atoms with Gasteiger partial charge < -0.3 is 4.74 Å². The second kappa shape index (κ2) is 7.13. The number of fused-ring (bicyclic) bond motifs is 1. The van der Waals surface area contributed by atoms with Crippen molar-refractivity contribution in [3.05, 3.63) is 71.3 Å². The largest absolute Gasteiger partial charge is 0.479 e. The minimum absolute atomic E-state index is 0.00148. The molecular formula is C20H15ClFN3O3S. The maximum absolute atomic E-state index is 15.0. The lowest BCUT2D eigenvalue weighted by Gasteiger charge is -2.13. The van der Waals surface area contributed by atoms with E-state index in [0.717, 1.165) is 9.54 Å². The minimum atomic E-state index is -4.10. The second-order valence-corrected chi connectivity index (χ2v) is 8.52. The van der Waals surface area contributed by atoms with Gasteiger partial charge in [0.15, 0.2) is 11.5 Å². The second-order valence-electron chi connectivity index (χ2n) is 6.32. The average molecular weight is 432 g/mol. The molecule has 4 rings (SSSR count). The fourth-order valence-electron chi connectivity index (χ4n) is 3.05. The van der Waals surface area contributed by atoms with Crippen molar-refractivity contribution in [1.82, 2.24) is 13.9 Å². The van der Waals surface area contributed by atoms with Gasteiger partial charge in [-0.3, -0.25) is 0 Å². The van der Waals surface area contributed by atoms with E-state index in [1.54, 1.807) is 18.2 Å². The van der Waals surface area contributed by atoms with Gasteiger partial charge in [-0.2, -0.15) is 0 Å². The van der Waals surface area contributed by atoms with Crippen molar-refractivity contribution >= 4 is 32.7 Å². The van der Waals surface area contributed by atoms with E-state index in [9.17, 15) is 12.8 Å². The molecule has 6 nitrogen and oxygen atoms in total. The molecule has 0 atom stereocenters. The fraction of sp³-hybridized carbons (Fsp3) is 0.100. The third-order valence-corrected chi connectivity index (χ3v) is 6.54. The van der Waals surface area contributed by atoms with Gasteiger partial charge in [-0.15, -0.1) is 0 Å². The number of aromatic nitrogens is 3. The van der Waals surface area contributed by atoms with Crippen LogP contribution in [0.2, 0.25) is 5.02 Å². The van der Waals surface area contributed by atoms with Crippen molar-refractivity contribution in [2.45, 2.75) is 11.8 Å². The summed E-state index contributed by atoms with van der Waals surface area (Å²) in [5.41, 5.74) is 1.08. The van der Waals surface area contributed by atoms with Crippen LogP contribution < -0.4 is 4.74 Å². The van der Waals surface area contributed by atoms with Crippen molar-refractivity contribution in [3.63, 3.8) is 0 Å². The summed E-state index contributed by atoms with van der Waals surface area (Å²) >= 11 is 6.27. The molecule has 0 saturated carbocycles. The first kappa shape index (κ1) is 19.4. The highest BCUT2D eigenvalue weighted by Crippen LogP contribution is 2.36. The monoisotopic (exact) mass is 431 g/mol. The Morgan fingerprint density at radius 1 is 1.07 bits per heavy atom. The highest BCUT2D eigenvalue weighted by atomic mass is 35.5. The predicted octanol–water partition coefficient (Wildman–Crippen LogP) is 4.44. The standard InChI is InChI=1S/C20H15ClFN3O3S/c1-12-3-5-13(6-4-12)29(26,27)25-17(11-15-16(21)8-10-23-19(15)25)14-7-9-24-20(28-2)18(14)22/h3-11H,1-2H3. The number of ether oxygens (including phenoxy) is 1. The van der Waals surface area contributed by atoms with Crippen molar-refractivity contribution < 1.29 is 17.5 Å². The zero-order valence-electron chi connectivity index (χ0n) is 15.4. The van der Waals surface area contributed by atoms with Crippen LogP contribution in [0, 0.1) is 12.7 Å². The number of pyridine rings is 2. The summed E-state index contributed by atoms with van der Waals surface area (Å²) in [7, 11) is -2.82. The smallest absolute Gasteiger partial charge is 0.269 e. The molecule has 1 aromatic carbocycles. The number of hydrogen-bond acceptors (Lipinski definition) is 5. The Labute approximate surface area is 171 Å². The van der Waals surface area contributed by atoms with E-state index in [0.29, 0.717) is 10.4 Å². The van der Waals surface area contributed by atoms with Gasteiger partial charge in [0.1, 0.15) is 0 Å². The molecule has 0 aliphatic rings. The van der Waals surface area contributed by atoms with E-state index < -0.39 is 15.8 Å². The minimum Gasteiger partial charge on any atom is -0.479 e. The normalized spacial score (nSPS) is 11.7. The molecule has 0 amide bonds. The van der Waals surface area contributed by atoms with Crippen molar-refractivity contribution in [2.24, 2.45) is 0 Å². The van der Waals surface area contributed by atoms with E-state index in [4.69, 9.17) is 16.3 Å². The Morgan fingerprint density at radius 2 is 1.76 bits per heavy atom. The van der Waals surface area contributed by atoms with Crippen LogP contribution in [0.4, 0.5) is 4.39 Å². The van der Waals surface area contributed by atoms with Gasteiger partial charge in [0, 0.05) is 23.3 Å². The Bertz CT molecular complexity index is 1340. The molecular weight excluding hydrogens is 417 g/mol. The number of benzene rings is 1. The first-order chi connectivity index (χ1) is 13.8. The number of methoxy groups -OCH3 is 1. The van der Waals surface area contributed by atoms with Gasteiger partial charge in [0.25, 0.3) is 15.9 Å². The third-order valence-electron chi connectivity index (χ3n) is 4.49. The highest BCUT2D eigenvalue weighted by molar-refractivity contribution is 7.90. The van der Waals surface area contributed by atoms with Crippen molar-refractivity contribution in [1.29, 1.82) is 0 Å². The van der Waals surface area contributed by atoms with Crippen LogP contribution in [0.1, 0.15) is 5.56 Å². The molecule has 9 heteroatoms. The Balaban J connectivity index is 2.10. The molecule has 0 N–H and O–H groups in total. The average Bonchev–Trinajstić information content (AvgIpc) is 3.10. The first-order valence-corrected chi connectivity index (χ1v) is 10.3. The third kappa shape index (κ3) is 3.14. The quantitative estimate of drug-likeness (QED) is 0.477. The van der Waals surface area contributed by atoms with Gasteiger partial charge in [-0.05, 0) is 37.3 Å². The summed E-state index contributed by atoms with van der Waals surface area (Å²) in [6.07, 6.45) is 2.74. The lowest BCUT2D eigenvalue weighted by Crippen LogP contribution is -2.15. The van der Waals surface area contributed by atoms with Crippen molar-refractivity contribution in [3.8, 4) is 17.1 Å². The lowest BCUT2D eigenvalue weighted by molar-refractivity contribution is 0.370. The number of nitrogens with zero attached hydrogens (tertiary/aromatic N) is 3. The maximum atomic E-state index is 15.0. The number of aryl methyl sites for hydroxylation is 1. The summed E-state index contributed by atoms with van der Waals surface area (Å²) in [5, 5.41) is 0.686. The predicted molar refractivity (Wildman–Crippen MR) is 108 cm³/mol. The highest BCUT2D eigenvalue weighted by Gasteiger charge is 2.27. The van der Waals surface area contributed by atoms with E-state index >= 15 is 0 Å². The molecule has 4 aromatic rings. The molecule has 0 fully saturated rings. The SMILES string of the molecule is COc1nccc(-c2cc3c(Cl)ccnc3n2S(=O)(=O)c2ccc(C)cc2)c1F. The van der Waals surface area contributed by atoms with Crippen LogP contribution in [0.5, 0.6) is 5.88 Å². The molecule has 0 aliphatic heterocycles.